The van der Waals surface area contributed by atoms with Crippen LogP contribution in [0.4, 0.5) is 5.95 Å². The molecule has 1 aliphatic heterocycles. The first-order valence-corrected chi connectivity index (χ1v) is 8.73. The summed E-state index contributed by atoms with van der Waals surface area (Å²) in [6.07, 6.45) is 5.58. The van der Waals surface area contributed by atoms with E-state index in [1.54, 1.807) is 10.9 Å². The molecule has 1 unspecified atom stereocenters. The molecule has 0 saturated carbocycles. The van der Waals surface area contributed by atoms with E-state index in [1.807, 2.05) is 19.4 Å². The lowest BCUT2D eigenvalue weighted by Crippen LogP contribution is -2.54. The van der Waals surface area contributed by atoms with Crippen LogP contribution in [0.25, 0.3) is 22.3 Å². The third-order valence-electron chi connectivity index (χ3n) is 4.91. The van der Waals surface area contributed by atoms with E-state index in [0.29, 0.717) is 12.1 Å². The van der Waals surface area contributed by atoms with Crippen LogP contribution < -0.4 is 4.90 Å². The average Bonchev–Trinajstić information content (AvgIpc) is 3.19. The van der Waals surface area contributed by atoms with E-state index in [-0.39, 0.29) is 0 Å². The SMILES string of the molecule is CC(C)N1CCN(c2ncc3[nH]nc(-c4cnn(C)c4)c3n2)C(C)C1. The summed E-state index contributed by atoms with van der Waals surface area (Å²) in [5.74, 6) is 0.773. The minimum atomic E-state index is 0.377. The largest absolute Gasteiger partial charge is 0.336 e. The Bertz CT molecular complexity index is 880. The number of nitrogens with one attached hydrogen (secondary N) is 1. The number of hydrogen-bond acceptors (Lipinski definition) is 6. The quantitative estimate of drug-likeness (QED) is 0.781. The van der Waals surface area contributed by atoms with Crippen molar-refractivity contribution >= 4 is 17.0 Å². The number of aromatic amines is 1. The maximum atomic E-state index is 4.83. The van der Waals surface area contributed by atoms with Gasteiger partial charge in [-0.2, -0.15) is 10.2 Å². The van der Waals surface area contributed by atoms with E-state index >= 15 is 0 Å². The van der Waals surface area contributed by atoms with Gasteiger partial charge >= 0.3 is 0 Å². The van der Waals surface area contributed by atoms with Gasteiger partial charge in [0.25, 0.3) is 0 Å². The van der Waals surface area contributed by atoms with Crippen LogP contribution in [-0.2, 0) is 7.05 Å². The average molecular weight is 340 g/mol. The second-order valence-corrected chi connectivity index (χ2v) is 7.04. The molecule has 1 aliphatic rings. The zero-order valence-corrected chi connectivity index (χ0v) is 15.1. The number of H-pyrrole nitrogens is 1. The number of anilines is 1. The highest BCUT2D eigenvalue weighted by atomic mass is 15.3. The topological polar surface area (TPSA) is 78.8 Å². The van der Waals surface area contributed by atoms with E-state index in [1.165, 1.54) is 0 Å². The number of rotatable bonds is 3. The highest BCUT2D eigenvalue weighted by Gasteiger charge is 2.27. The fourth-order valence-corrected chi connectivity index (χ4v) is 3.44. The molecule has 132 valence electrons. The standard InChI is InChI=1S/C17H24N8/c1-11(2)24-5-6-25(12(3)9-24)17-18-8-14-16(20-17)15(22-21-14)13-7-19-23(4)10-13/h7-8,10-12H,5-6,9H2,1-4H3,(H,21,22). The van der Waals surface area contributed by atoms with Gasteiger partial charge in [-0.15, -0.1) is 0 Å². The van der Waals surface area contributed by atoms with Crippen molar-refractivity contribution in [3.05, 3.63) is 18.6 Å². The molecule has 25 heavy (non-hydrogen) atoms. The second kappa shape index (κ2) is 6.11. The van der Waals surface area contributed by atoms with Crippen molar-refractivity contribution in [3.8, 4) is 11.3 Å². The molecule has 0 amide bonds. The van der Waals surface area contributed by atoms with Gasteiger partial charge in [0.05, 0.1) is 12.4 Å². The predicted octanol–water partition coefficient (Wildman–Crippen LogP) is 1.67. The molecular weight excluding hydrogens is 316 g/mol. The van der Waals surface area contributed by atoms with Crippen LogP contribution >= 0.6 is 0 Å². The Labute approximate surface area is 146 Å². The minimum absolute atomic E-state index is 0.377. The lowest BCUT2D eigenvalue weighted by atomic mass is 10.1. The second-order valence-electron chi connectivity index (χ2n) is 7.04. The van der Waals surface area contributed by atoms with E-state index in [9.17, 15) is 0 Å². The van der Waals surface area contributed by atoms with Crippen LogP contribution in [0, 0.1) is 0 Å². The van der Waals surface area contributed by atoms with Gasteiger partial charge in [-0.3, -0.25) is 14.7 Å². The van der Waals surface area contributed by atoms with Gasteiger partial charge in [-0.25, -0.2) is 9.97 Å². The predicted molar refractivity (Wildman–Crippen MR) is 97.4 cm³/mol. The minimum Gasteiger partial charge on any atom is -0.336 e. The molecule has 0 radical (unpaired) electrons. The van der Waals surface area contributed by atoms with Crippen molar-refractivity contribution in [1.82, 2.24) is 34.8 Å². The monoisotopic (exact) mass is 340 g/mol. The summed E-state index contributed by atoms with van der Waals surface area (Å²) in [5, 5.41) is 11.7. The van der Waals surface area contributed by atoms with Gasteiger partial charge in [0, 0.05) is 50.5 Å². The van der Waals surface area contributed by atoms with Crippen LogP contribution in [-0.4, -0.2) is 66.6 Å². The Morgan fingerprint density at radius 2 is 2.08 bits per heavy atom. The molecular formula is C17H24N8. The fourth-order valence-electron chi connectivity index (χ4n) is 3.44. The van der Waals surface area contributed by atoms with Crippen LogP contribution in [0.1, 0.15) is 20.8 Å². The van der Waals surface area contributed by atoms with Crippen LogP contribution in [0.2, 0.25) is 0 Å². The molecule has 1 atom stereocenters. The summed E-state index contributed by atoms with van der Waals surface area (Å²) in [7, 11) is 1.90. The molecule has 8 heteroatoms. The number of hydrogen-bond donors (Lipinski definition) is 1. The van der Waals surface area contributed by atoms with Crippen molar-refractivity contribution in [2.75, 3.05) is 24.5 Å². The zero-order valence-electron chi connectivity index (χ0n) is 15.1. The molecule has 0 spiro atoms. The van der Waals surface area contributed by atoms with Crippen LogP contribution in [0.15, 0.2) is 18.6 Å². The van der Waals surface area contributed by atoms with Gasteiger partial charge in [0.2, 0.25) is 5.95 Å². The van der Waals surface area contributed by atoms with Gasteiger partial charge in [0.15, 0.2) is 0 Å². The first-order valence-electron chi connectivity index (χ1n) is 8.73. The molecule has 3 aromatic heterocycles. The molecule has 1 N–H and O–H groups in total. The molecule has 1 fully saturated rings. The molecule has 0 aliphatic carbocycles. The fraction of sp³-hybridized carbons (Fsp3) is 0.529. The van der Waals surface area contributed by atoms with Crippen LogP contribution in [0.3, 0.4) is 0 Å². The molecule has 4 heterocycles. The van der Waals surface area contributed by atoms with Gasteiger partial charge in [-0.1, -0.05) is 0 Å². The molecule has 4 rings (SSSR count). The van der Waals surface area contributed by atoms with Gasteiger partial charge in [-0.05, 0) is 20.8 Å². The van der Waals surface area contributed by atoms with Crippen molar-refractivity contribution < 1.29 is 0 Å². The smallest absolute Gasteiger partial charge is 0.226 e. The normalized spacial score (nSPS) is 19.2. The summed E-state index contributed by atoms with van der Waals surface area (Å²) in [4.78, 5) is 14.2. The van der Waals surface area contributed by atoms with Crippen LogP contribution in [0.5, 0.6) is 0 Å². The summed E-state index contributed by atoms with van der Waals surface area (Å²) >= 11 is 0. The highest BCUT2D eigenvalue weighted by Crippen LogP contribution is 2.26. The van der Waals surface area contributed by atoms with Crippen molar-refractivity contribution in [2.24, 2.45) is 7.05 Å². The lowest BCUT2D eigenvalue weighted by molar-refractivity contribution is 0.184. The number of aryl methyl sites for hydroxylation is 1. The Morgan fingerprint density at radius 1 is 1.24 bits per heavy atom. The van der Waals surface area contributed by atoms with E-state index in [4.69, 9.17) is 4.98 Å². The third kappa shape index (κ3) is 2.86. The third-order valence-corrected chi connectivity index (χ3v) is 4.91. The van der Waals surface area contributed by atoms with Crippen molar-refractivity contribution in [3.63, 3.8) is 0 Å². The number of piperazine rings is 1. The Hall–Kier alpha value is -2.48. The van der Waals surface area contributed by atoms with E-state index in [2.05, 4.69) is 50.9 Å². The number of fused-ring (bicyclic) bond motifs is 1. The summed E-state index contributed by atoms with van der Waals surface area (Å²) in [5.41, 5.74) is 3.46. The molecule has 1 saturated heterocycles. The summed E-state index contributed by atoms with van der Waals surface area (Å²) < 4.78 is 1.77. The molecule has 0 aromatic carbocycles. The molecule has 8 nitrogen and oxygen atoms in total. The zero-order chi connectivity index (χ0) is 17.6. The summed E-state index contributed by atoms with van der Waals surface area (Å²) in [6, 6.07) is 0.946. The van der Waals surface area contributed by atoms with Gasteiger partial charge < -0.3 is 4.90 Å². The van der Waals surface area contributed by atoms with E-state index < -0.39 is 0 Å². The van der Waals surface area contributed by atoms with Gasteiger partial charge in [0.1, 0.15) is 16.7 Å². The maximum Gasteiger partial charge on any atom is 0.226 e. The van der Waals surface area contributed by atoms with Crippen molar-refractivity contribution in [1.29, 1.82) is 0 Å². The lowest BCUT2D eigenvalue weighted by Gasteiger charge is -2.41. The Kier molecular flexibility index (Phi) is 3.91. The first kappa shape index (κ1) is 16.0. The molecule has 0 bridgehead atoms. The summed E-state index contributed by atoms with van der Waals surface area (Å²) in [6.45, 7) is 9.72. The number of aromatic nitrogens is 6. The highest BCUT2D eigenvalue weighted by molar-refractivity contribution is 5.89. The maximum absolute atomic E-state index is 4.83. The van der Waals surface area contributed by atoms with Crippen molar-refractivity contribution in [2.45, 2.75) is 32.9 Å². The Morgan fingerprint density at radius 3 is 2.76 bits per heavy atom. The Balaban J connectivity index is 1.67. The first-order chi connectivity index (χ1) is 12.0. The number of nitrogens with zero attached hydrogens (tertiary/aromatic N) is 7. The molecule has 3 aromatic rings. The van der Waals surface area contributed by atoms with E-state index in [0.717, 1.165) is 47.9 Å².